The van der Waals surface area contributed by atoms with Gasteiger partial charge in [-0.15, -0.1) is 0 Å². The second-order valence-electron chi connectivity index (χ2n) is 4.88. The fraction of sp³-hybridized carbons (Fsp3) is 0.467. The zero-order valence-electron chi connectivity index (χ0n) is 11.9. The number of likely N-dealkylation sites (N-methyl/N-ethyl adjacent to an activating group) is 1. The molecular weight excluding hydrogens is 258 g/mol. The van der Waals surface area contributed by atoms with Gasteiger partial charge in [0.1, 0.15) is 12.4 Å². The van der Waals surface area contributed by atoms with E-state index in [1.165, 1.54) is 0 Å². The lowest BCUT2D eigenvalue weighted by Gasteiger charge is -2.19. The lowest BCUT2D eigenvalue weighted by atomic mass is 10.0. The van der Waals surface area contributed by atoms with Crippen LogP contribution in [-0.2, 0) is 9.59 Å². The van der Waals surface area contributed by atoms with E-state index in [0.29, 0.717) is 13.2 Å². The van der Waals surface area contributed by atoms with Crippen molar-refractivity contribution in [1.29, 1.82) is 0 Å². The van der Waals surface area contributed by atoms with Crippen molar-refractivity contribution in [3.63, 3.8) is 0 Å². The molecule has 110 valence electrons. The Morgan fingerprint density at radius 1 is 1.25 bits per heavy atom. The average Bonchev–Trinajstić information content (AvgIpc) is 2.38. The lowest BCUT2D eigenvalue weighted by Crippen LogP contribution is -2.32. The summed E-state index contributed by atoms with van der Waals surface area (Å²) < 4.78 is 5.51. The molecule has 0 aliphatic heterocycles. The van der Waals surface area contributed by atoms with E-state index in [0.717, 1.165) is 5.75 Å². The number of carbonyl (C=O) groups is 2. The van der Waals surface area contributed by atoms with Crippen LogP contribution in [0, 0.1) is 5.92 Å². The molecule has 1 unspecified atom stereocenters. The molecule has 0 aromatic heterocycles. The largest absolute Gasteiger partial charge is 0.492 e. The maximum atomic E-state index is 11.9. The minimum absolute atomic E-state index is 0.0140. The van der Waals surface area contributed by atoms with Gasteiger partial charge in [-0.2, -0.15) is 0 Å². The number of carboxylic acid groups (broad SMARTS) is 1. The van der Waals surface area contributed by atoms with Crippen molar-refractivity contribution in [2.24, 2.45) is 5.92 Å². The molecule has 1 amide bonds. The van der Waals surface area contributed by atoms with Crippen molar-refractivity contribution in [2.45, 2.75) is 19.8 Å². The Morgan fingerprint density at radius 3 is 2.50 bits per heavy atom. The van der Waals surface area contributed by atoms with Crippen LogP contribution in [-0.4, -0.2) is 42.1 Å². The molecule has 0 fully saturated rings. The standard InChI is InChI=1S/C15H21NO4/c1-12(11-15(18)19)10-14(17)16(2)8-9-20-13-6-4-3-5-7-13/h3-7,12H,8-11H2,1-2H3,(H,18,19). The quantitative estimate of drug-likeness (QED) is 0.790. The van der Waals surface area contributed by atoms with Gasteiger partial charge in [0, 0.05) is 19.9 Å². The van der Waals surface area contributed by atoms with Crippen LogP contribution < -0.4 is 4.74 Å². The average molecular weight is 279 g/mol. The van der Waals surface area contributed by atoms with Gasteiger partial charge in [-0.25, -0.2) is 0 Å². The summed E-state index contributed by atoms with van der Waals surface area (Å²) in [6.07, 6.45) is 0.258. The van der Waals surface area contributed by atoms with Gasteiger partial charge >= 0.3 is 5.97 Å². The first-order valence-electron chi connectivity index (χ1n) is 6.62. The number of carbonyl (C=O) groups excluding carboxylic acids is 1. The third kappa shape index (κ3) is 6.22. The van der Waals surface area contributed by atoms with Gasteiger partial charge in [-0.05, 0) is 18.1 Å². The number of hydrogen-bond acceptors (Lipinski definition) is 3. The smallest absolute Gasteiger partial charge is 0.303 e. The lowest BCUT2D eigenvalue weighted by molar-refractivity contribution is -0.138. The SMILES string of the molecule is CC(CC(=O)O)CC(=O)N(C)CCOc1ccccc1. The molecule has 1 aromatic carbocycles. The van der Waals surface area contributed by atoms with Crippen molar-refractivity contribution in [1.82, 2.24) is 4.90 Å². The fourth-order valence-corrected chi connectivity index (χ4v) is 1.77. The summed E-state index contributed by atoms with van der Waals surface area (Å²) in [6, 6.07) is 9.40. The number of aliphatic carboxylic acids is 1. The number of ether oxygens (including phenoxy) is 1. The molecule has 0 aliphatic rings. The van der Waals surface area contributed by atoms with E-state index in [1.54, 1.807) is 18.9 Å². The van der Waals surface area contributed by atoms with Crippen LogP contribution in [0.2, 0.25) is 0 Å². The van der Waals surface area contributed by atoms with Crippen LogP contribution in [0.25, 0.3) is 0 Å². The molecule has 1 atom stereocenters. The summed E-state index contributed by atoms with van der Waals surface area (Å²) >= 11 is 0. The first-order valence-corrected chi connectivity index (χ1v) is 6.62. The number of hydrogen-bond donors (Lipinski definition) is 1. The summed E-state index contributed by atoms with van der Waals surface area (Å²) in [5, 5.41) is 8.66. The zero-order valence-corrected chi connectivity index (χ0v) is 11.9. The Morgan fingerprint density at radius 2 is 1.90 bits per heavy atom. The Balaban J connectivity index is 2.26. The van der Waals surface area contributed by atoms with E-state index in [-0.39, 0.29) is 24.7 Å². The van der Waals surface area contributed by atoms with Crippen molar-refractivity contribution < 1.29 is 19.4 Å². The number of rotatable bonds is 8. The minimum atomic E-state index is -0.875. The Kier molecular flexibility index (Phi) is 6.56. The molecule has 0 radical (unpaired) electrons. The molecule has 1 N–H and O–H groups in total. The highest BCUT2D eigenvalue weighted by Crippen LogP contribution is 2.10. The highest BCUT2D eigenvalue weighted by Gasteiger charge is 2.15. The number of benzene rings is 1. The second-order valence-corrected chi connectivity index (χ2v) is 4.88. The molecule has 20 heavy (non-hydrogen) atoms. The van der Waals surface area contributed by atoms with Crippen LogP contribution in [0.4, 0.5) is 0 Å². The van der Waals surface area contributed by atoms with E-state index in [9.17, 15) is 9.59 Å². The van der Waals surface area contributed by atoms with Crippen molar-refractivity contribution in [2.75, 3.05) is 20.2 Å². The van der Waals surface area contributed by atoms with E-state index < -0.39 is 5.97 Å². The van der Waals surface area contributed by atoms with Crippen LogP contribution >= 0.6 is 0 Å². The summed E-state index contributed by atoms with van der Waals surface area (Å²) in [5.41, 5.74) is 0. The second kappa shape index (κ2) is 8.19. The van der Waals surface area contributed by atoms with Crippen molar-refractivity contribution in [3.05, 3.63) is 30.3 Å². The first kappa shape index (κ1) is 16.0. The molecule has 0 heterocycles. The van der Waals surface area contributed by atoms with Crippen LogP contribution in [0.3, 0.4) is 0 Å². The highest BCUT2D eigenvalue weighted by atomic mass is 16.5. The molecule has 0 aliphatic carbocycles. The molecule has 1 rings (SSSR count). The van der Waals surface area contributed by atoms with E-state index >= 15 is 0 Å². The van der Waals surface area contributed by atoms with E-state index in [4.69, 9.17) is 9.84 Å². The molecule has 0 saturated heterocycles. The molecule has 0 bridgehead atoms. The third-order valence-corrected chi connectivity index (χ3v) is 2.91. The molecule has 0 saturated carbocycles. The number of nitrogens with zero attached hydrogens (tertiary/aromatic N) is 1. The van der Waals surface area contributed by atoms with Gasteiger partial charge in [-0.1, -0.05) is 25.1 Å². The summed E-state index contributed by atoms with van der Waals surface area (Å²) in [5.74, 6) is -0.319. The van der Waals surface area contributed by atoms with Gasteiger partial charge in [0.05, 0.1) is 6.54 Å². The predicted molar refractivity (Wildman–Crippen MR) is 75.6 cm³/mol. The maximum Gasteiger partial charge on any atom is 0.303 e. The number of amides is 1. The third-order valence-electron chi connectivity index (χ3n) is 2.91. The highest BCUT2D eigenvalue weighted by molar-refractivity contribution is 5.77. The van der Waals surface area contributed by atoms with Crippen LogP contribution in [0.15, 0.2) is 30.3 Å². The Bertz CT molecular complexity index is 433. The zero-order chi connectivity index (χ0) is 15.0. The van der Waals surface area contributed by atoms with Crippen LogP contribution in [0.1, 0.15) is 19.8 Å². The Hall–Kier alpha value is -2.04. The molecule has 1 aromatic rings. The van der Waals surface area contributed by atoms with Gasteiger partial charge in [0.2, 0.25) is 5.91 Å². The molecular formula is C15H21NO4. The maximum absolute atomic E-state index is 11.9. The minimum Gasteiger partial charge on any atom is -0.492 e. The molecule has 5 heteroatoms. The van der Waals surface area contributed by atoms with E-state index in [2.05, 4.69) is 0 Å². The van der Waals surface area contributed by atoms with Gasteiger partial charge < -0.3 is 14.7 Å². The Labute approximate surface area is 119 Å². The summed E-state index contributed by atoms with van der Waals surface area (Å²) in [4.78, 5) is 24.0. The topological polar surface area (TPSA) is 66.8 Å². The van der Waals surface area contributed by atoms with Crippen LogP contribution in [0.5, 0.6) is 5.75 Å². The predicted octanol–water partition coefficient (Wildman–Crippen LogP) is 2.02. The van der Waals surface area contributed by atoms with Crippen molar-refractivity contribution in [3.8, 4) is 5.75 Å². The number of carboxylic acids is 1. The molecule has 0 spiro atoms. The normalized spacial score (nSPS) is 11.7. The molecule has 5 nitrogen and oxygen atoms in total. The van der Waals surface area contributed by atoms with Gasteiger partial charge in [0.15, 0.2) is 0 Å². The summed E-state index contributed by atoms with van der Waals surface area (Å²) in [7, 11) is 1.70. The number of para-hydroxylation sites is 1. The fourth-order valence-electron chi connectivity index (χ4n) is 1.77. The first-order chi connectivity index (χ1) is 9.49. The van der Waals surface area contributed by atoms with E-state index in [1.807, 2.05) is 30.3 Å². The van der Waals surface area contributed by atoms with Crippen molar-refractivity contribution >= 4 is 11.9 Å². The van der Waals surface area contributed by atoms with Gasteiger partial charge in [0.25, 0.3) is 0 Å². The van der Waals surface area contributed by atoms with Gasteiger partial charge in [-0.3, -0.25) is 9.59 Å². The summed E-state index contributed by atoms with van der Waals surface area (Å²) in [6.45, 7) is 2.66. The monoisotopic (exact) mass is 279 g/mol.